The smallest absolute Gasteiger partial charge is 0.472 e. The fourth-order valence-corrected chi connectivity index (χ4v) is 6.30. The van der Waals surface area contributed by atoms with Crippen LogP contribution in [0.1, 0.15) is 181 Å². The predicted octanol–water partition coefficient (Wildman–Crippen LogP) is 10.8. The van der Waals surface area contributed by atoms with Gasteiger partial charge in [-0.1, -0.05) is 147 Å². The van der Waals surface area contributed by atoms with Gasteiger partial charge >= 0.3 is 25.7 Å². The Morgan fingerprint density at radius 2 is 1.02 bits per heavy atom. The fraction of sp³-hybridized carbons (Fsp3) is 0.786. The molecule has 314 valence electrons. The molecule has 3 atom stereocenters. The van der Waals surface area contributed by atoms with Crippen molar-refractivity contribution < 1.29 is 47.5 Å². The third-order valence-electron chi connectivity index (χ3n) is 8.87. The standard InChI is InChI=1S/C42H76NO10P/c1-3-5-7-9-11-13-15-17-19-21-23-25-27-29-31-33-40(44)50-35-38(36-51-54(48,49)52-37-39(43)42(46)47)53-41(45)34-32-30-28-26-24-22-20-18-16-14-12-10-8-6-4-2/h18,20,24,26-27,29,38-39H,3-17,19,21-23,25,28,30-37,43H2,1-2H3,(H,46,47)(H,48,49)/b20-18+,26-24+,29-27+/t38-,39+/m1/s1. The van der Waals surface area contributed by atoms with Crippen LogP contribution in [0.5, 0.6) is 0 Å². The Balaban J connectivity index is 4.48. The largest absolute Gasteiger partial charge is 0.480 e. The van der Waals surface area contributed by atoms with E-state index >= 15 is 0 Å². The van der Waals surface area contributed by atoms with Crippen LogP contribution in [0.25, 0.3) is 0 Å². The highest BCUT2D eigenvalue weighted by molar-refractivity contribution is 7.47. The number of carbonyl (C=O) groups is 3. The summed E-state index contributed by atoms with van der Waals surface area (Å²) in [5, 5.41) is 8.87. The predicted molar refractivity (Wildman–Crippen MR) is 217 cm³/mol. The average molecular weight is 786 g/mol. The minimum absolute atomic E-state index is 0.112. The van der Waals surface area contributed by atoms with E-state index in [9.17, 15) is 23.8 Å². The lowest BCUT2D eigenvalue weighted by Crippen LogP contribution is -2.34. The second-order valence-corrected chi connectivity index (χ2v) is 15.6. The summed E-state index contributed by atoms with van der Waals surface area (Å²) in [4.78, 5) is 45.8. The van der Waals surface area contributed by atoms with Crippen LogP contribution < -0.4 is 5.73 Å². The van der Waals surface area contributed by atoms with Crippen molar-refractivity contribution in [2.24, 2.45) is 5.73 Å². The molecule has 0 aliphatic carbocycles. The summed E-state index contributed by atoms with van der Waals surface area (Å²) in [7, 11) is -4.73. The Kier molecular flexibility index (Phi) is 36.0. The summed E-state index contributed by atoms with van der Waals surface area (Å²) in [5.74, 6) is -2.48. The number of aliphatic carboxylic acids is 1. The van der Waals surface area contributed by atoms with Gasteiger partial charge in [-0.05, 0) is 57.8 Å². The van der Waals surface area contributed by atoms with Crippen molar-refractivity contribution in [3.8, 4) is 0 Å². The molecule has 0 saturated carbocycles. The SMILES string of the molecule is CCCCCCCC/C=C/C/C=C/CCCCC(=O)O[C@H](COC(=O)CC/C=C/CCCCCCCCCCCCC)COP(=O)(O)OC[C@H](N)C(=O)O. The van der Waals surface area contributed by atoms with E-state index in [4.69, 9.17) is 24.8 Å². The third kappa shape index (κ3) is 36.7. The van der Waals surface area contributed by atoms with Gasteiger partial charge in [0.1, 0.15) is 12.6 Å². The summed E-state index contributed by atoms with van der Waals surface area (Å²) >= 11 is 0. The number of nitrogens with two attached hydrogens (primary N) is 1. The van der Waals surface area contributed by atoms with Gasteiger partial charge in [0.05, 0.1) is 13.2 Å². The Labute approximate surface area is 327 Å². The molecule has 0 bridgehead atoms. The van der Waals surface area contributed by atoms with Crippen molar-refractivity contribution in [1.82, 2.24) is 0 Å². The second kappa shape index (κ2) is 37.6. The van der Waals surface area contributed by atoms with E-state index in [1.807, 2.05) is 6.08 Å². The summed E-state index contributed by atoms with van der Waals surface area (Å²) < 4.78 is 32.5. The third-order valence-corrected chi connectivity index (χ3v) is 9.82. The fourth-order valence-electron chi connectivity index (χ4n) is 5.52. The lowest BCUT2D eigenvalue weighted by molar-refractivity contribution is -0.161. The molecule has 0 fully saturated rings. The summed E-state index contributed by atoms with van der Waals surface area (Å²) in [5.41, 5.74) is 5.32. The molecule has 0 aromatic carbocycles. The molecule has 0 radical (unpaired) electrons. The first-order chi connectivity index (χ1) is 26.1. The highest BCUT2D eigenvalue weighted by atomic mass is 31.2. The van der Waals surface area contributed by atoms with Crippen LogP contribution in [0.2, 0.25) is 0 Å². The number of unbranched alkanes of at least 4 members (excludes halogenated alkanes) is 19. The topological polar surface area (TPSA) is 172 Å². The number of hydrogen-bond donors (Lipinski definition) is 3. The first-order valence-corrected chi connectivity index (χ1v) is 22.5. The minimum atomic E-state index is -4.73. The molecule has 54 heavy (non-hydrogen) atoms. The molecular weight excluding hydrogens is 709 g/mol. The van der Waals surface area contributed by atoms with Gasteiger partial charge in [0.25, 0.3) is 0 Å². The van der Waals surface area contributed by atoms with Crippen LogP contribution in [-0.2, 0) is 37.5 Å². The van der Waals surface area contributed by atoms with E-state index in [1.165, 1.54) is 103 Å². The van der Waals surface area contributed by atoms with Crippen molar-refractivity contribution in [3.63, 3.8) is 0 Å². The minimum Gasteiger partial charge on any atom is -0.480 e. The summed E-state index contributed by atoms with van der Waals surface area (Å²) in [6.07, 6.45) is 39.4. The molecule has 1 unspecified atom stereocenters. The Hall–Kier alpha value is -2.30. The number of hydrogen-bond acceptors (Lipinski definition) is 9. The molecule has 0 amide bonds. The lowest BCUT2D eigenvalue weighted by Gasteiger charge is -2.20. The number of carboxylic acids is 1. The molecule has 0 aliphatic rings. The normalized spacial score (nSPS) is 14.1. The number of esters is 2. The lowest BCUT2D eigenvalue weighted by atomic mass is 10.1. The van der Waals surface area contributed by atoms with E-state index in [2.05, 4.69) is 48.8 Å². The Morgan fingerprint density at radius 3 is 1.54 bits per heavy atom. The average Bonchev–Trinajstić information content (AvgIpc) is 3.14. The maximum absolute atomic E-state index is 12.6. The zero-order chi connectivity index (χ0) is 40.0. The molecule has 0 aromatic heterocycles. The molecule has 0 aliphatic heterocycles. The Bertz CT molecular complexity index is 1060. The molecule has 0 aromatic rings. The number of phosphoric ester groups is 1. The van der Waals surface area contributed by atoms with Crippen LogP contribution in [-0.4, -0.2) is 59.9 Å². The van der Waals surface area contributed by atoms with Crippen LogP contribution >= 0.6 is 7.82 Å². The van der Waals surface area contributed by atoms with Crippen molar-refractivity contribution in [3.05, 3.63) is 36.5 Å². The molecule has 4 N–H and O–H groups in total. The van der Waals surface area contributed by atoms with Gasteiger partial charge in [-0.3, -0.25) is 23.4 Å². The summed E-state index contributed by atoms with van der Waals surface area (Å²) in [6.45, 7) is 2.72. The number of phosphoric acid groups is 1. The molecule has 0 saturated heterocycles. The van der Waals surface area contributed by atoms with Gasteiger partial charge in [-0.25, -0.2) is 4.57 Å². The van der Waals surface area contributed by atoms with Crippen LogP contribution in [0.3, 0.4) is 0 Å². The second-order valence-electron chi connectivity index (χ2n) is 14.1. The van der Waals surface area contributed by atoms with Crippen molar-refractivity contribution in [2.75, 3.05) is 19.8 Å². The molecule has 11 nitrogen and oxygen atoms in total. The van der Waals surface area contributed by atoms with Crippen molar-refractivity contribution >= 4 is 25.7 Å². The molecule has 0 rings (SSSR count). The first-order valence-electron chi connectivity index (χ1n) is 21.0. The van der Waals surface area contributed by atoms with Crippen LogP contribution in [0, 0.1) is 0 Å². The highest BCUT2D eigenvalue weighted by Crippen LogP contribution is 2.43. The molecule has 0 heterocycles. The van der Waals surface area contributed by atoms with Gasteiger partial charge in [0.15, 0.2) is 6.10 Å². The van der Waals surface area contributed by atoms with Crippen molar-refractivity contribution in [2.45, 2.75) is 193 Å². The first kappa shape index (κ1) is 51.7. The number of ether oxygens (including phenoxy) is 2. The van der Waals surface area contributed by atoms with Crippen LogP contribution in [0.4, 0.5) is 0 Å². The zero-order valence-corrected chi connectivity index (χ0v) is 34.7. The van der Waals surface area contributed by atoms with E-state index < -0.39 is 51.1 Å². The number of carboxylic acid groups (broad SMARTS) is 1. The van der Waals surface area contributed by atoms with Gasteiger partial charge in [0.2, 0.25) is 0 Å². The van der Waals surface area contributed by atoms with E-state index in [-0.39, 0.29) is 19.4 Å². The zero-order valence-electron chi connectivity index (χ0n) is 33.8. The van der Waals surface area contributed by atoms with Gasteiger partial charge < -0.3 is 25.2 Å². The maximum atomic E-state index is 12.6. The van der Waals surface area contributed by atoms with Crippen molar-refractivity contribution in [1.29, 1.82) is 0 Å². The highest BCUT2D eigenvalue weighted by Gasteiger charge is 2.28. The van der Waals surface area contributed by atoms with Gasteiger partial charge in [0, 0.05) is 12.8 Å². The van der Waals surface area contributed by atoms with Gasteiger partial charge in [-0.2, -0.15) is 0 Å². The van der Waals surface area contributed by atoms with Gasteiger partial charge in [-0.15, -0.1) is 0 Å². The van der Waals surface area contributed by atoms with E-state index in [0.717, 1.165) is 38.5 Å². The maximum Gasteiger partial charge on any atom is 0.472 e. The molecular formula is C42H76NO10P. The number of allylic oxidation sites excluding steroid dienone is 6. The van der Waals surface area contributed by atoms with E-state index in [1.54, 1.807) is 0 Å². The number of rotatable bonds is 39. The molecule has 12 heteroatoms. The monoisotopic (exact) mass is 786 g/mol. The molecule has 0 spiro atoms. The Morgan fingerprint density at radius 1 is 0.574 bits per heavy atom. The summed E-state index contributed by atoms with van der Waals surface area (Å²) in [6, 6.07) is -1.53. The van der Waals surface area contributed by atoms with Crippen LogP contribution in [0.15, 0.2) is 36.5 Å². The van der Waals surface area contributed by atoms with E-state index in [0.29, 0.717) is 12.8 Å². The number of carbonyl (C=O) groups excluding carboxylic acids is 2. The quantitative estimate of drug-likeness (QED) is 0.0234.